The first-order valence-electron chi connectivity index (χ1n) is 9.79. The third-order valence-corrected chi connectivity index (χ3v) is 5.67. The topological polar surface area (TPSA) is 72.5 Å². The Morgan fingerprint density at radius 3 is 1.57 bits per heavy atom. The zero-order valence-electron chi connectivity index (χ0n) is 15.3. The van der Waals surface area contributed by atoms with Gasteiger partial charge in [-0.1, -0.05) is 90.4 Å². The van der Waals surface area contributed by atoms with Crippen LogP contribution >= 0.6 is 7.60 Å². The van der Waals surface area contributed by atoms with Crippen LogP contribution < -0.4 is 5.73 Å². The molecule has 0 aliphatic carbocycles. The summed E-state index contributed by atoms with van der Waals surface area (Å²) < 4.78 is 16.4. The van der Waals surface area contributed by atoms with E-state index in [2.05, 4.69) is 6.92 Å². The first-order chi connectivity index (χ1) is 11.1. The largest absolute Gasteiger partial charge is 0.328 e. The molecule has 0 saturated heterocycles. The average Bonchev–Trinajstić information content (AvgIpc) is 2.53. The molecule has 0 amide bonds. The van der Waals surface area contributed by atoms with Crippen LogP contribution in [-0.2, 0) is 9.09 Å². The molecule has 140 valence electrons. The van der Waals surface area contributed by atoms with Gasteiger partial charge in [0.1, 0.15) is 0 Å². The Balaban J connectivity index is 3.17. The van der Waals surface area contributed by atoms with Gasteiger partial charge >= 0.3 is 7.60 Å². The monoisotopic (exact) mass is 349 g/mol. The van der Waals surface area contributed by atoms with Crippen LogP contribution in [0.2, 0.25) is 0 Å². The summed E-state index contributed by atoms with van der Waals surface area (Å²) in [6.07, 6.45) is 18.2. The number of nitrogens with two attached hydrogens (primary N) is 1. The average molecular weight is 349 g/mol. The molecule has 5 heteroatoms. The Kier molecular flexibility index (Phi) is 17.0. The van der Waals surface area contributed by atoms with Crippen molar-refractivity contribution in [3.63, 3.8) is 0 Å². The molecule has 0 aromatic carbocycles. The van der Waals surface area contributed by atoms with E-state index in [0.717, 1.165) is 19.3 Å². The van der Waals surface area contributed by atoms with Crippen LogP contribution in [0, 0.1) is 0 Å². The molecule has 0 spiro atoms. The van der Waals surface area contributed by atoms with Crippen molar-refractivity contribution in [3.8, 4) is 0 Å². The van der Waals surface area contributed by atoms with Gasteiger partial charge in [0.05, 0.1) is 6.61 Å². The smallest absolute Gasteiger partial charge is 0.328 e. The van der Waals surface area contributed by atoms with Crippen molar-refractivity contribution in [1.29, 1.82) is 0 Å². The minimum Gasteiger partial charge on any atom is -0.328 e. The van der Waals surface area contributed by atoms with Crippen molar-refractivity contribution >= 4 is 7.60 Å². The predicted molar refractivity (Wildman–Crippen MR) is 100 cm³/mol. The van der Waals surface area contributed by atoms with Crippen molar-refractivity contribution in [1.82, 2.24) is 0 Å². The zero-order valence-corrected chi connectivity index (χ0v) is 16.2. The summed E-state index contributed by atoms with van der Waals surface area (Å²) in [6.45, 7) is 2.73. The summed E-state index contributed by atoms with van der Waals surface area (Å²) in [5.41, 5.74) is 5.26. The molecule has 0 heterocycles. The standard InChI is InChI=1S/C18H40NO3P/c1-2-3-4-5-6-7-8-9-10-11-12-13-14-15-18-23(20,21)22-17-16-19/h2-19H2,1H3,(H,20,21). The van der Waals surface area contributed by atoms with Crippen molar-refractivity contribution < 1.29 is 14.0 Å². The van der Waals surface area contributed by atoms with E-state index in [1.54, 1.807) is 0 Å². The van der Waals surface area contributed by atoms with Crippen LogP contribution in [0.3, 0.4) is 0 Å². The van der Waals surface area contributed by atoms with E-state index in [4.69, 9.17) is 10.3 Å². The Bertz CT molecular complexity index is 287. The quantitative estimate of drug-likeness (QED) is 0.248. The minimum atomic E-state index is -3.37. The Morgan fingerprint density at radius 2 is 1.17 bits per heavy atom. The second-order valence-corrected chi connectivity index (χ2v) is 8.56. The van der Waals surface area contributed by atoms with E-state index >= 15 is 0 Å². The van der Waals surface area contributed by atoms with Gasteiger partial charge in [0.2, 0.25) is 0 Å². The van der Waals surface area contributed by atoms with Gasteiger partial charge in [0.25, 0.3) is 0 Å². The molecule has 0 bridgehead atoms. The van der Waals surface area contributed by atoms with Gasteiger partial charge in [0.15, 0.2) is 0 Å². The highest BCUT2D eigenvalue weighted by Gasteiger charge is 2.17. The summed E-state index contributed by atoms with van der Waals surface area (Å²) in [6, 6.07) is 0. The van der Waals surface area contributed by atoms with Crippen molar-refractivity contribution in [2.45, 2.75) is 96.8 Å². The number of hydrogen-bond donors (Lipinski definition) is 2. The van der Waals surface area contributed by atoms with Crippen molar-refractivity contribution in [3.05, 3.63) is 0 Å². The van der Waals surface area contributed by atoms with Crippen LogP contribution in [0.25, 0.3) is 0 Å². The fourth-order valence-corrected chi connectivity index (χ4v) is 3.91. The molecule has 23 heavy (non-hydrogen) atoms. The molecule has 0 aliphatic heterocycles. The van der Waals surface area contributed by atoms with E-state index in [-0.39, 0.29) is 12.8 Å². The Morgan fingerprint density at radius 1 is 0.783 bits per heavy atom. The lowest BCUT2D eigenvalue weighted by Gasteiger charge is -2.11. The van der Waals surface area contributed by atoms with Crippen molar-refractivity contribution in [2.75, 3.05) is 19.3 Å². The summed E-state index contributed by atoms with van der Waals surface area (Å²) in [5, 5.41) is 0. The highest BCUT2D eigenvalue weighted by Crippen LogP contribution is 2.42. The molecule has 4 nitrogen and oxygen atoms in total. The van der Waals surface area contributed by atoms with Gasteiger partial charge < -0.3 is 15.2 Å². The first kappa shape index (κ1) is 23.1. The van der Waals surface area contributed by atoms with Crippen LogP contribution in [0.15, 0.2) is 0 Å². The van der Waals surface area contributed by atoms with E-state index in [1.165, 1.54) is 70.6 Å². The molecule has 0 fully saturated rings. The van der Waals surface area contributed by atoms with Gasteiger partial charge in [-0.05, 0) is 6.42 Å². The van der Waals surface area contributed by atoms with Gasteiger partial charge in [-0.15, -0.1) is 0 Å². The number of rotatable bonds is 18. The molecule has 1 atom stereocenters. The van der Waals surface area contributed by atoms with E-state index < -0.39 is 7.60 Å². The van der Waals surface area contributed by atoms with Crippen LogP contribution in [0.1, 0.15) is 96.8 Å². The van der Waals surface area contributed by atoms with Crippen molar-refractivity contribution in [2.24, 2.45) is 5.73 Å². The summed E-state index contributed by atoms with van der Waals surface area (Å²) in [4.78, 5) is 9.51. The van der Waals surface area contributed by atoms with E-state index in [1.807, 2.05) is 0 Å². The normalized spacial score (nSPS) is 14.0. The molecule has 0 radical (unpaired) electrons. The highest BCUT2D eigenvalue weighted by atomic mass is 31.2. The van der Waals surface area contributed by atoms with E-state index in [9.17, 15) is 9.46 Å². The third-order valence-electron chi connectivity index (χ3n) is 4.21. The van der Waals surface area contributed by atoms with Gasteiger partial charge in [-0.2, -0.15) is 0 Å². The fourth-order valence-electron chi connectivity index (χ4n) is 2.77. The summed E-state index contributed by atoms with van der Waals surface area (Å²) >= 11 is 0. The maximum atomic E-state index is 11.6. The molecule has 3 N–H and O–H groups in total. The van der Waals surface area contributed by atoms with Crippen LogP contribution in [-0.4, -0.2) is 24.2 Å². The maximum Gasteiger partial charge on any atom is 0.328 e. The third kappa shape index (κ3) is 18.3. The lowest BCUT2D eigenvalue weighted by molar-refractivity contribution is 0.266. The number of hydrogen-bond acceptors (Lipinski definition) is 3. The summed E-state index contributed by atoms with van der Waals surface area (Å²) in [7, 11) is -3.37. The first-order valence-corrected chi connectivity index (χ1v) is 11.5. The Hall–Kier alpha value is 0.110. The zero-order chi connectivity index (χ0) is 17.2. The molecule has 0 aromatic heterocycles. The molecular formula is C18H40NO3P. The SMILES string of the molecule is CCCCCCCCCCCCCCCCP(=O)(O)OCCN. The maximum absolute atomic E-state index is 11.6. The molecule has 0 aromatic rings. The van der Waals surface area contributed by atoms with E-state index in [0.29, 0.717) is 6.54 Å². The molecule has 0 saturated carbocycles. The highest BCUT2D eigenvalue weighted by molar-refractivity contribution is 7.52. The van der Waals surface area contributed by atoms with Gasteiger partial charge in [-0.3, -0.25) is 4.57 Å². The second kappa shape index (κ2) is 17.0. The van der Waals surface area contributed by atoms with Crippen LogP contribution in [0.5, 0.6) is 0 Å². The lowest BCUT2D eigenvalue weighted by Crippen LogP contribution is -2.08. The van der Waals surface area contributed by atoms with Crippen LogP contribution in [0.4, 0.5) is 0 Å². The lowest BCUT2D eigenvalue weighted by atomic mass is 10.0. The Labute approximate surface area is 144 Å². The van der Waals surface area contributed by atoms with Gasteiger partial charge in [0, 0.05) is 12.7 Å². The number of unbranched alkanes of at least 4 members (excludes halogenated alkanes) is 13. The molecule has 0 aliphatic rings. The summed E-state index contributed by atoms with van der Waals surface area (Å²) in [5.74, 6) is 0. The van der Waals surface area contributed by atoms with Gasteiger partial charge in [-0.25, -0.2) is 0 Å². The molecular weight excluding hydrogens is 309 g/mol. The molecule has 1 unspecified atom stereocenters. The predicted octanol–water partition coefficient (Wildman–Crippen LogP) is 5.63. The second-order valence-electron chi connectivity index (χ2n) is 6.58. The minimum absolute atomic E-state index is 0.173. The molecule has 0 rings (SSSR count). The fraction of sp³-hybridized carbons (Fsp3) is 1.00.